The summed E-state index contributed by atoms with van der Waals surface area (Å²) in [5.41, 5.74) is 0.584. The minimum Gasteiger partial charge on any atom is -0.444 e. The van der Waals surface area contributed by atoms with Gasteiger partial charge in [-0.15, -0.1) is 5.10 Å². The number of ether oxygens (including phenoxy) is 1. The fraction of sp³-hybridized carbons (Fsp3) is 0.800. The van der Waals surface area contributed by atoms with Crippen molar-refractivity contribution in [3.05, 3.63) is 11.9 Å². The fourth-order valence-corrected chi connectivity index (χ4v) is 2.52. The van der Waals surface area contributed by atoms with Gasteiger partial charge >= 0.3 is 6.09 Å². The van der Waals surface area contributed by atoms with Gasteiger partial charge in [0.15, 0.2) is 0 Å². The third-order valence-corrected chi connectivity index (χ3v) is 3.70. The Labute approximate surface area is 132 Å². The first-order valence-electron chi connectivity index (χ1n) is 7.90. The quantitative estimate of drug-likeness (QED) is 0.920. The number of aromatic nitrogens is 3. The van der Waals surface area contributed by atoms with Crippen LogP contribution in [0.3, 0.4) is 0 Å². The van der Waals surface area contributed by atoms with Crippen LogP contribution in [0.4, 0.5) is 4.79 Å². The second kappa shape index (κ2) is 7.09. The summed E-state index contributed by atoms with van der Waals surface area (Å²) in [6.45, 7) is 7.84. The number of hydrogen-bond acceptors (Lipinski definition) is 5. The van der Waals surface area contributed by atoms with E-state index < -0.39 is 5.60 Å². The Hall–Kier alpha value is -1.63. The molecule has 1 N–H and O–H groups in total. The topological polar surface area (TPSA) is 72.3 Å². The summed E-state index contributed by atoms with van der Waals surface area (Å²) in [6.07, 6.45) is 4.73. The maximum absolute atomic E-state index is 12.3. The standard InChI is InChI=1S/C15H27N5O2/c1-15(2,3)22-14(21)20-8-6-5-7-12(11-20)16-9-13-10-17-18-19(13)4/h10,12,16H,5-9,11H2,1-4H3. The predicted octanol–water partition coefficient (Wildman–Crippen LogP) is 1.69. The number of nitrogens with zero attached hydrogens (tertiary/aromatic N) is 4. The van der Waals surface area contributed by atoms with Crippen LogP contribution in [0.2, 0.25) is 0 Å². The van der Waals surface area contributed by atoms with Crippen LogP contribution in [0, 0.1) is 0 Å². The van der Waals surface area contributed by atoms with Gasteiger partial charge in [0.2, 0.25) is 0 Å². The zero-order chi connectivity index (χ0) is 16.2. The highest BCUT2D eigenvalue weighted by Gasteiger charge is 2.26. The molecule has 1 aromatic rings. The van der Waals surface area contributed by atoms with Crippen LogP contribution in [-0.4, -0.2) is 50.7 Å². The lowest BCUT2D eigenvalue weighted by Gasteiger charge is -2.28. The molecule has 22 heavy (non-hydrogen) atoms. The van der Waals surface area contributed by atoms with Crippen LogP contribution in [0.5, 0.6) is 0 Å². The first kappa shape index (κ1) is 16.7. The predicted molar refractivity (Wildman–Crippen MR) is 83.3 cm³/mol. The number of carbonyl (C=O) groups excluding carboxylic acids is 1. The molecule has 7 nitrogen and oxygen atoms in total. The second-order valence-corrected chi connectivity index (χ2v) is 6.85. The molecule has 7 heteroatoms. The van der Waals surface area contributed by atoms with Gasteiger partial charge in [-0.2, -0.15) is 0 Å². The van der Waals surface area contributed by atoms with E-state index in [2.05, 4.69) is 15.6 Å². The normalized spacial score (nSPS) is 19.8. The first-order valence-corrected chi connectivity index (χ1v) is 7.90. The molecule has 1 unspecified atom stereocenters. The molecule has 0 radical (unpaired) electrons. The van der Waals surface area contributed by atoms with Gasteiger partial charge in [-0.25, -0.2) is 4.79 Å². The van der Waals surface area contributed by atoms with Crippen LogP contribution in [-0.2, 0) is 18.3 Å². The van der Waals surface area contributed by atoms with Crippen molar-refractivity contribution in [2.75, 3.05) is 13.1 Å². The van der Waals surface area contributed by atoms with Crippen LogP contribution in [0.1, 0.15) is 45.7 Å². The van der Waals surface area contributed by atoms with Crippen molar-refractivity contribution in [2.24, 2.45) is 7.05 Å². The minimum absolute atomic E-state index is 0.219. The van der Waals surface area contributed by atoms with Crippen molar-refractivity contribution in [1.82, 2.24) is 25.2 Å². The Morgan fingerprint density at radius 2 is 2.23 bits per heavy atom. The third kappa shape index (κ3) is 4.98. The van der Waals surface area contributed by atoms with E-state index in [-0.39, 0.29) is 12.1 Å². The molecule has 124 valence electrons. The Bertz CT molecular complexity index is 494. The lowest BCUT2D eigenvalue weighted by atomic mass is 10.1. The highest BCUT2D eigenvalue weighted by atomic mass is 16.6. The van der Waals surface area contributed by atoms with Gasteiger partial charge in [-0.1, -0.05) is 11.6 Å². The average Bonchev–Trinajstić information content (AvgIpc) is 2.69. The zero-order valence-corrected chi connectivity index (χ0v) is 14.0. The lowest BCUT2D eigenvalue weighted by Crippen LogP contribution is -2.44. The molecule has 0 aromatic carbocycles. The number of aryl methyl sites for hydroxylation is 1. The molecule has 1 saturated heterocycles. The van der Waals surface area contributed by atoms with E-state index in [1.54, 1.807) is 10.9 Å². The van der Waals surface area contributed by atoms with E-state index in [0.29, 0.717) is 13.1 Å². The number of carbonyl (C=O) groups is 1. The van der Waals surface area contributed by atoms with Crippen molar-refractivity contribution < 1.29 is 9.53 Å². The minimum atomic E-state index is -0.452. The SMILES string of the molecule is Cn1nncc1CNC1CCCCN(C(=O)OC(C)(C)C)C1. The molecular weight excluding hydrogens is 282 g/mol. The molecule has 1 aliphatic heterocycles. The van der Waals surface area contributed by atoms with Gasteiger partial charge in [-0.3, -0.25) is 4.68 Å². The van der Waals surface area contributed by atoms with Crippen LogP contribution < -0.4 is 5.32 Å². The number of likely N-dealkylation sites (tertiary alicyclic amines) is 1. The van der Waals surface area contributed by atoms with E-state index in [1.807, 2.05) is 32.7 Å². The maximum atomic E-state index is 12.3. The number of hydrogen-bond donors (Lipinski definition) is 1. The smallest absolute Gasteiger partial charge is 0.410 e. The Morgan fingerprint density at radius 1 is 1.45 bits per heavy atom. The molecule has 2 rings (SSSR count). The summed E-state index contributed by atoms with van der Waals surface area (Å²) in [7, 11) is 1.88. The van der Waals surface area contributed by atoms with Crippen molar-refractivity contribution in [3.8, 4) is 0 Å². The summed E-state index contributed by atoms with van der Waals surface area (Å²) in [6, 6.07) is 0.268. The largest absolute Gasteiger partial charge is 0.444 e. The van der Waals surface area contributed by atoms with E-state index in [0.717, 1.165) is 31.5 Å². The van der Waals surface area contributed by atoms with E-state index in [4.69, 9.17) is 4.74 Å². The summed E-state index contributed by atoms with van der Waals surface area (Å²) >= 11 is 0. The molecule has 1 fully saturated rings. The molecular formula is C15H27N5O2. The van der Waals surface area contributed by atoms with E-state index >= 15 is 0 Å². The molecule has 2 heterocycles. The first-order chi connectivity index (χ1) is 10.3. The Morgan fingerprint density at radius 3 is 2.86 bits per heavy atom. The Kier molecular flexibility index (Phi) is 5.39. The number of rotatable bonds is 3. The lowest BCUT2D eigenvalue weighted by molar-refractivity contribution is 0.0243. The van der Waals surface area contributed by atoms with Gasteiger partial charge < -0.3 is 15.0 Å². The van der Waals surface area contributed by atoms with E-state index in [1.165, 1.54) is 0 Å². The van der Waals surface area contributed by atoms with Crippen molar-refractivity contribution in [3.63, 3.8) is 0 Å². The van der Waals surface area contributed by atoms with Gasteiger partial charge in [0, 0.05) is 32.7 Å². The third-order valence-electron chi connectivity index (χ3n) is 3.70. The van der Waals surface area contributed by atoms with Crippen LogP contribution in [0.25, 0.3) is 0 Å². The van der Waals surface area contributed by atoms with Gasteiger partial charge in [0.05, 0.1) is 11.9 Å². The summed E-state index contributed by atoms with van der Waals surface area (Å²) < 4.78 is 7.24. The molecule has 0 saturated carbocycles. The second-order valence-electron chi connectivity index (χ2n) is 6.85. The van der Waals surface area contributed by atoms with Gasteiger partial charge in [0.1, 0.15) is 5.60 Å². The highest BCUT2D eigenvalue weighted by Crippen LogP contribution is 2.15. The molecule has 0 aliphatic carbocycles. The van der Waals surface area contributed by atoms with Gasteiger partial charge in [0.25, 0.3) is 0 Å². The summed E-state index contributed by atoms with van der Waals surface area (Å²) in [5.74, 6) is 0. The monoisotopic (exact) mass is 309 g/mol. The Balaban J connectivity index is 1.89. The molecule has 0 spiro atoms. The average molecular weight is 309 g/mol. The number of nitrogens with one attached hydrogen (secondary N) is 1. The summed E-state index contributed by atoms with van der Waals surface area (Å²) in [5, 5.41) is 11.3. The number of amides is 1. The highest BCUT2D eigenvalue weighted by molar-refractivity contribution is 5.68. The fourth-order valence-electron chi connectivity index (χ4n) is 2.52. The van der Waals surface area contributed by atoms with Gasteiger partial charge in [-0.05, 0) is 33.6 Å². The molecule has 0 bridgehead atoms. The zero-order valence-electron chi connectivity index (χ0n) is 14.0. The van der Waals surface area contributed by atoms with Crippen LogP contribution >= 0.6 is 0 Å². The summed E-state index contributed by atoms with van der Waals surface area (Å²) in [4.78, 5) is 14.1. The van der Waals surface area contributed by atoms with Crippen molar-refractivity contribution in [1.29, 1.82) is 0 Å². The molecule has 1 aromatic heterocycles. The van der Waals surface area contributed by atoms with E-state index in [9.17, 15) is 4.79 Å². The van der Waals surface area contributed by atoms with Crippen molar-refractivity contribution >= 4 is 6.09 Å². The molecule has 1 amide bonds. The molecule has 1 atom stereocenters. The maximum Gasteiger partial charge on any atom is 0.410 e. The molecule has 1 aliphatic rings. The van der Waals surface area contributed by atoms with Crippen LogP contribution in [0.15, 0.2) is 6.20 Å². The van der Waals surface area contributed by atoms with Crippen molar-refractivity contribution in [2.45, 2.75) is 58.2 Å².